The molecule has 0 aliphatic heterocycles. The number of carbonyl (C=O) groups excluding carboxylic acids is 1. The summed E-state index contributed by atoms with van der Waals surface area (Å²) in [6.07, 6.45) is 5.50. The summed E-state index contributed by atoms with van der Waals surface area (Å²) in [5.74, 6) is 0.378. The second kappa shape index (κ2) is 8.30. The molecule has 1 amide bonds. The molecular weight excluding hydrogens is 336 g/mol. The monoisotopic (exact) mass is 358 g/mol. The Kier molecular flexibility index (Phi) is 5.87. The van der Waals surface area contributed by atoms with Crippen molar-refractivity contribution in [2.45, 2.75) is 45.1 Å². The summed E-state index contributed by atoms with van der Waals surface area (Å²) < 4.78 is 0. The Bertz CT molecular complexity index is 727. The van der Waals surface area contributed by atoms with E-state index in [-0.39, 0.29) is 5.91 Å². The third-order valence-corrected chi connectivity index (χ3v) is 4.64. The Morgan fingerprint density at radius 3 is 2.64 bits per heavy atom. The lowest BCUT2D eigenvalue weighted by Crippen LogP contribution is -2.27. The number of aromatic nitrogens is 2. The number of rotatable bonds is 6. The van der Waals surface area contributed by atoms with E-state index in [2.05, 4.69) is 20.6 Å². The Morgan fingerprint density at radius 1 is 1.20 bits per heavy atom. The van der Waals surface area contributed by atoms with Crippen LogP contribution in [0.5, 0.6) is 0 Å². The van der Waals surface area contributed by atoms with Crippen LogP contribution < -0.4 is 10.6 Å². The van der Waals surface area contributed by atoms with Crippen LogP contribution in [-0.4, -0.2) is 28.5 Å². The predicted molar refractivity (Wildman–Crippen MR) is 100 cm³/mol. The maximum Gasteiger partial charge on any atom is 0.270 e. The number of halogens is 1. The van der Waals surface area contributed by atoms with Gasteiger partial charge in [0.05, 0.1) is 0 Å². The molecule has 1 aliphatic carbocycles. The van der Waals surface area contributed by atoms with Crippen LogP contribution in [0.4, 0.5) is 5.95 Å². The number of nitrogens with one attached hydrogen (secondary N) is 2. The molecule has 25 heavy (non-hydrogen) atoms. The number of aryl methyl sites for hydroxylation is 1. The number of amides is 1. The molecule has 0 radical (unpaired) electrons. The van der Waals surface area contributed by atoms with E-state index >= 15 is 0 Å². The topological polar surface area (TPSA) is 66.9 Å². The molecule has 2 N–H and O–H groups in total. The first-order chi connectivity index (χ1) is 12.1. The van der Waals surface area contributed by atoms with Crippen LogP contribution in [-0.2, 0) is 6.42 Å². The Hall–Kier alpha value is -2.14. The predicted octanol–water partition coefficient (Wildman–Crippen LogP) is 3.77. The first kappa shape index (κ1) is 17.7. The van der Waals surface area contributed by atoms with Gasteiger partial charge in [0.25, 0.3) is 5.91 Å². The van der Waals surface area contributed by atoms with Crippen molar-refractivity contribution in [3.05, 3.63) is 52.3 Å². The number of anilines is 1. The molecule has 2 aromatic rings. The van der Waals surface area contributed by atoms with Crippen molar-refractivity contribution in [3.8, 4) is 0 Å². The zero-order valence-corrected chi connectivity index (χ0v) is 15.1. The lowest BCUT2D eigenvalue weighted by atomic mass is 10.1. The second-order valence-corrected chi connectivity index (χ2v) is 6.91. The zero-order chi connectivity index (χ0) is 17.6. The molecule has 0 saturated heterocycles. The number of hydrogen-bond donors (Lipinski definition) is 2. The normalized spacial score (nSPS) is 14.5. The smallest absolute Gasteiger partial charge is 0.270 e. The van der Waals surface area contributed by atoms with Gasteiger partial charge in [0.15, 0.2) is 0 Å². The summed E-state index contributed by atoms with van der Waals surface area (Å²) in [6.45, 7) is 2.43. The average molecular weight is 359 g/mol. The van der Waals surface area contributed by atoms with Crippen molar-refractivity contribution in [3.63, 3.8) is 0 Å². The summed E-state index contributed by atoms with van der Waals surface area (Å²) in [6, 6.07) is 9.78. The van der Waals surface area contributed by atoms with Gasteiger partial charge < -0.3 is 10.6 Å². The van der Waals surface area contributed by atoms with E-state index in [1.54, 1.807) is 6.07 Å². The van der Waals surface area contributed by atoms with Gasteiger partial charge in [-0.1, -0.05) is 36.6 Å². The van der Waals surface area contributed by atoms with Crippen molar-refractivity contribution in [1.29, 1.82) is 0 Å². The van der Waals surface area contributed by atoms with E-state index in [1.165, 1.54) is 12.8 Å². The fraction of sp³-hybridized carbons (Fsp3) is 0.421. The molecule has 5 nitrogen and oxygen atoms in total. The van der Waals surface area contributed by atoms with E-state index in [0.29, 0.717) is 29.3 Å². The first-order valence-electron chi connectivity index (χ1n) is 8.75. The molecule has 1 fully saturated rings. The third-order valence-electron chi connectivity index (χ3n) is 4.39. The van der Waals surface area contributed by atoms with E-state index in [4.69, 9.17) is 11.6 Å². The van der Waals surface area contributed by atoms with Gasteiger partial charge in [0, 0.05) is 23.3 Å². The van der Waals surface area contributed by atoms with Crippen molar-refractivity contribution >= 4 is 23.5 Å². The highest BCUT2D eigenvalue weighted by atomic mass is 35.5. The summed E-state index contributed by atoms with van der Waals surface area (Å²) in [4.78, 5) is 21.2. The number of benzene rings is 1. The van der Waals surface area contributed by atoms with Crippen LogP contribution in [0.2, 0.25) is 5.02 Å². The lowest BCUT2D eigenvalue weighted by molar-refractivity contribution is 0.0949. The fourth-order valence-corrected chi connectivity index (χ4v) is 3.19. The minimum absolute atomic E-state index is 0.172. The van der Waals surface area contributed by atoms with Crippen molar-refractivity contribution in [1.82, 2.24) is 15.3 Å². The summed E-state index contributed by atoms with van der Waals surface area (Å²) in [7, 11) is 0. The van der Waals surface area contributed by atoms with Crippen LogP contribution in [0.15, 0.2) is 30.3 Å². The van der Waals surface area contributed by atoms with Gasteiger partial charge in [-0.2, -0.15) is 0 Å². The van der Waals surface area contributed by atoms with Crippen LogP contribution >= 0.6 is 11.6 Å². The molecule has 1 heterocycles. The van der Waals surface area contributed by atoms with Crippen LogP contribution in [0, 0.1) is 6.92 Å². The number of nitrogens with zero attached hydrogens (tertiary/aromatic N) is 2. The molecule has 0 bridgehead atoms. The Morgan fingerprint density at radius 2 is 1.92 bits per heavy atom. The second-order valence-electron chi connectivity index (χ2n) is 6.48. The van der Waals surface area contributed by atoms with Gasteiger partial charge in [0.1, 0.15) is 5.69 Å². The standard InChI is InChI=1S/C19H23ClN4O/c1-13-12-17(24-19(22-13)23-16-4-2-3-5-16)18(25)21-11-10-14-6-8-15(20)9-7-14/h6-9,12,16H,2-5,10-11H2,1H3,(H,21,25)(H,22,23,24). The fourth-order valence-electron chi connectivity index (χ4n) is 3.06. The number of carbonyl (C=O) groups is 1. The maximum absolute atomic E-state index is 12.4. The quantitative estimate of drug-likeness (QED) is 0.825. The molecular formula is C19H23ClN4O. The van der Waals surface area contributed by atoms with Crippen molar-refractivity contribution < 1.29 is 4.79 Å². The van der Waals surface area contributed by atoms with E-state index < -0.39 is 0 Å². The van der Waals surface area contributed by atoms with Crippen LogP contribution in [0.25, 0.3) is 0 Å². The molecule has 1 aromatic carbocycles. The van der Waals surface area contributed by atoms with E-state index in [9.17, 15) is 4.79 Å². The summed E-state index contributed by atoms with van der Waals surface area (Å²) in [5.41, 5.74) is 2.33. The largest absolute Gasteiger partial charge is 0.351 e. The third kappa shape index (κ3) is 5.16. The summed E-state index contributed by atoms with van der Waals surface area (Å²) in [5, 5.41) is 6.98. The average Bonchev–Trinajstić information content (AvgIpc) is 3.09. The molecule has 0 atom stereocenters. The van der Waals surface area contributed by atoms with Gasteiger partial charge in [-0.15, -0.1) is 0 Å². The van der Waals surface area contributed by atoms with Crippen molar-refractivity contribution in [2.75, 3.05) is 11.9 Å². The van der Waals surface area contributed by atoms with Gasteiger partial charge in [0.2, 0.25) is 5.95 Å². The van der Waals surface area contributed by atoms with Gasteiger partial charge >= 0.3 is 0 Å². The van der Waals surface area contributed by atoms with Crippen molar-refractivity contribution in [2.24, 2.45) is 0 Å². The highest BCUT2D eigenvalue weighted by molar-refractivity contribution is 6.30. The van der Waals surface area contributed by atoms with Gasteiger partial charge in [-0.3, -0.25) is 4.79 Å². The van der Waals surface area contributed by atoms with Gasteiger partial charge in [-0.05, 0) is 49.9 Å². The molecule has 0 spiro atoms. The summed E-state index contributed by atoms with van der Waals surface area (Å²) >= 11 is 5.88. The highest BCUT2D eigenvalue weighted by Crippen LogP contribution is 2.21. The molecule has 1 aliphatic rings. The molecule has 1 aromatic heterocycles. The van der Waals surface area contributed by atoms with Gasteiger partial charge in [-0.25, -0.2) is 9.97 Å². The first-order valence-corrected chi connectivity index (χ1v) is 9.13. The lowest BCUT2D eigenvalue weighted by Gasteiger charge is -2.13. The highest BCUT2D eigenvalue weighted by Gasteiger charge is 2.17. The molecule has 132 valence electrons. The minimum Gasteiger partial charge on any atom is -0.351 e. The van der Waals surface area contributed by atoms with E-state index in [0.717, 1.165) is 30.5 Å². The molecule has 1 saturated carbocycles. The van der Waals surface area contributed by atoms with Crippen LogP contribution in [0.1, 0.15) is 47.4 Å². The Labute approximate surface area is 153 Å². The molecule has 3 rings (SSSR count). The maximum atomic E-state index is 12.4. The van der Waals surface area contributed by atoms with E-state index in [1.807, 2.05) is 31.2 Å². The molecule has 6 heteroatoms. The molecule has 0 unspecified atom stereocenters. The minimum atomic E-state index is -0.172. The SMILES string of the molecule is Cc1cc(C(=O)NCCc2ccc(Cl)cc2)nc(NC2CCCC2)n1. The number of hydrogen-bond acceptors (Lipinski definition) is 4. The Balaban J connectivity index is 1.57. The van der Waals surface area contributed by atoms with Crippen LogP contribution in [0.3, 0.4) is 0 Å². The zero-order valence-electron chi connectivity index (χ0n) is 14.4.